The van der Waals surface area contributed by atoms with Crippen LogP contribution in [0.25, 0.3) is 22.6 Å². The quantitative estimate of drug-likeness (QED) is 0.242. The Morgan fingerprint density at radius 3 is 2.78 bits per heavy atom. The van der Waals surface area contributed by atoms with E-state index in [4.69, 9.17) is 9.47 Å². The Morgan fingerprint density at radius 2 is 1.97 bits per heavy atom. The molecule has 2 aliphatic rings. The molecule has 1 aromatic heterocycles. The van der Waals surface area contributed by atoms with Crippen LogP contribution in [0.1, 0.15) is 25.0 Å². The molecular weight excluding hydrogens is 575 g/mol. The van der Waals surface area contributed by atoms with E-state index in [1.807, 2.05) is 38.2 Å². The van der Waals surface area contributed by atoms with E-state index in [0.29, 0.717) is 6.61 Å². The minimum atomic E-state index is -0.472. The van der Waals surface area contributed by atoms with Crippen molar-refractivity contribution < 1.29 is 9.47 Å². The molecule has 4 aromatic rings. The van der Waals surface area contributed by atoms with Gasteiger partial charge in [-0.2, -0.15) is 0 Å². The van der Waals surface area contributed by atoms with Crippen LogP contribution in [0, 0.1) is 3.57 Å². The molecule has 0 spiro atoms. The number of benzene rings is 3. The van der Waals surface area contributed by atoms with Gasteiger partial charge in [0.15, 0.2) is 5.79 Å². The summed E-state index contributed by atoms with van der Waals surface area (Å²) in [6.45, 7) is 7.47. The molecule has 3 heterocycles. The zero-order chi connectivity index (χ0) is 25.4. The first-order valence-electron chi connectivity index (χ1n) is 12.8. The van der Waals surface area contributed by atoms with Gasteiger partial charge in [-0.15, -0.1) is 0 Å². The number of nitrogens with one attached hydrogen (secondary N) is 2. The molecule has 1 saturated heterocycles. The zero-order valence-electron chi connectivity index (χ0n) is 21.1. The van der Waals surface area contributed by atoms with Crippen LogP contribution in [-0.4, -0.2) is 46.5 Å². The second-order valence-electron chi connectivity index (χ2n) is 10.2. The Kier molecular flexibility index (Phi) is 6.79. The van der Waals surface area contributed by atoms with Gasteiger partial charge in [-0.3, -0.25) is 4.90 Å². The lowest BCUT2D eigenvalue weighted by Gasteiger charge is -2.31. The van der Waals surface area contributed by atoms with Crippen molar-refractivity contribution in [2.24, 2.45) is 0 Å². The van der Waals surface area contributed by atoms with Crippen LogP contribution in [0.5, 0.6) is 0 Å². The number of imidazole rings is 1. The highest BCUT2D eigenvalue weighted by molar-refractivity contribution is 14.1. The summed E-state index contributed by atoms with van der Waals surface area (Å²) in [5.41, 5.74) is 8.24. The third-order valence-electron chi connectivity index (χ3n) is 7.04. The highest BCUT2D eigenvalue weighted by Crippen LogP contribution is 2.33. The normalized spacial score (nSPS) is 19.1. The van der Waals surface area contributed by atoms with E-state index >= 15 is 0 Å². The van der Waals surface area contributed by atoms with Gasteiger partial charge in [-0.25, -0.2) is 4.98 Å². The maximum atomic E-state index is 6.04. The van der Waals surface area contributed by atoms with Crippen molar-refractivity contribution in [3.8, 4) is 22.6 Å². The van der Waals surface area contributed by atoms with Crippen molar-refractivity contribution >= 4 is 34.0 Å². The van der Waals surface area contributed by atoms with Gasteiger partial charge >= 0.3 is 0 Å². The van der Waals surface area contributed by atoms with Crippen molar-refractivity contribution in [3.05, 3.63) is 87.6 Å². The topological polar surface area (TPSA) is 62.4 Å². The number of hydrogen-bond acceptors (Lipinski definition) is 5. The van der Waals surface area contributed by atoms with E-state index in [2.05, 4.69) is 91.3 Å². The van der Waals surface area contributed by atoms with Gasteiger partial charge in [0.1, 0.15) is 5.82 Å². The molecule has 6 rings (SSSR count). The number of rotatable bonds is 6. The minimum absolute atomic E-state index is 0.132. The molecule has 37 heavy (non-hydrogen) atoms. The van der Waals surface area contributed by atoms with Crippen molar-refractivity contribution in [3.63, 3.8) is 0 Å². The zero-order valence-corrected chi connectivity index (χ0v) is 23.3. The monoisotopic (exact) mass is 606 g/mol. The first-order chi connectivity index (χ1) is 17.9. The standard InChI is InChI=1S/C30H31IN4O2/c1-30(2)36-19-23(37-30)18-35-14-13-24-21(17-35)9-6-10-27(24)33-22-11-12-26(31)25(15-22)29-32-16-28(34-29)20-7-4-3-5-8-20/h3-12,15-16,23,33H,13-14,17-19H2,1-2H3,(H,32,34)/t23-/m0/s1. The van der Waals surface area contributed by atoms with Crippen LogP contribution in [0.2, 0.25) is 0 Å². The molecule has 1 fully saturated rings. The van der Waals surface area contributed by atoms with E-state index in [-0.39, 0.29) is 6.10 Å². The molecule has 6 nitrogen and oxygen atoms in total. The van der Waals surface area contributed by atoms with Crippen molar-refractivity contribution in [2.45, 2.75) is 38.7 Å². The van der Waals surface area contributed by atoms with Crippen LogP contribution in [-0.2, 0) is 22.4 Å². The molecule has 7 heteroatoms. The maximum absolute atomic E-state index is 6.04. The summed E-state index contributed by atoms with van der Waals surface area (Å²) in [5.74, 6) is 0.402. The van der Waals surface area contributed by atoms with E-state index < -0.39 is 5.79 Å². The summed E-state index contributed by atoms with van der Waals surface area (Å²) in [6, 6.07) is 23.3. The fraction of sp³-hybridized carbons (Fsp3) is 0.300. The second kappa shape index (κ2) is 10.2. The average molecular weight is 607 g/mol. The lowest BCUT2D eigenvalue weighted by molar-refractivity contribution is -0.140. The van der Waals surface area contributed by atoms with Crippen LogP contribution in [0.15, 0.2) is 72.9 Å². The summed E-state index contributed by atoms with van der Waals surface area (Å²) in [5, 5.41) is 3.70. The molecule has 0 radical (unpaired) electrons. The van der Waals surface area contributed by atoms with Gasteiger partial charge in [0, 0.05) is 40.1 Å². The lowest BCUT2D eigenvalue weighted by atomic mass is 9.97. The summed E-state index contributed by atoms with van der Waals surface area (Å²) in [6.07, 6.45) is 3.04. The van der Waals surface area contributed by atoms with E-state index in [0.717, 1.165) is 58.0 Å². The molecule has 2 N–H and O–H groups in total. The summed E-state index contributed by atoms with van der Waals surface area (Å²) >= 11 is 2.38. The van der Waals surface area contributed by atoms with E-state index in [9.17, 15) is 0 Å². The summed E-state index contributed by atoms with van der Waals surface area (Å²) < 4.78 is 13.0. The summed E-state index contributed by atoms with van der Waals surface area (Å²) in [4.78, 5) is 10.7. The molecule has 3 aromatic carbocycles. The Morgan fingerprint density at radius 1 is 1.11 bits per heavy atom. The maximum Gasteiger partial charge on any atom is 0.163 e. The Labute approximate surface area is 231 Å². The van der Waals surface area contributed by atoms with Crippen LogP contribution in [0.4, 0.5) is 11.4 Å². The van der Waals surface area contributed by atoms with Gasteiger partial charge in [0.25, 0.3) is 0 Å². The number of halogens is 1. The molecule has 0 unspecified atom stereocenters. The van der Waals surface area contributed by atoms with Crippen molar-refractivity contribution in [1.29, 1.82) is 0 Å². The van der Waals surface area contributed by atoms with Crippen LogP contribution in [0.3, 0.4) is 0 Å². The van der Waals surface area contributed by atoms with Crippen LogP contribution < -0.4 is 5.32 Å². The van der Waals surface area contributed by atoms with Crippen molar-refractivity contribution in [1.82, 2.24) is 14.9 Å². The number of aromatic amines is 1. The average Bonchev–Trinajstić information content (AvgIpc) is 3.52. The first-order valence-corrected chi connectivity index (χ1v) is 13.8. The molecule has 190 valence electrons. The van der Waals surface area contributed by atoms with Gasteiger partial charge in [0.05, 0.1) is 24.6 Å². The molecule has 0 saturated carbocycles. The van der Waals surface area contributed by atoms with Gasteiger partial charge in [0.2, 0.25) is 0 Å². The van der Waals surface area contributed by atoms with E-state index in [1.165, 1.54) is 16.8 Å². The highest BCUT2D eigenvalue weighted by atomic mass is 127. The number of aromatic nitrogens is 2. The molecular formula is C30H31IN4O2. The Hall–Kier alpha value is -2.72. The van der Waals surface area contributed by atoms with Crippen molar-refractivity contribution in [2.75, 3.05) is 25.0 Å². The smallest absolute Gasteiger partial charge is 0.163 e. The fourth-order valence-electron chi connectivity index (χ4n) is 5.24. The number of anilines is 2. The molecule has 0 bridgehead atoms. The number of nitrogens with zero attached hydrogens (tertiary/aromatic N) is 2. The number of fused-ring (bicyclic) bond motifs is 1. The predicted octanol–water partition coefficient (Wildman–Crippen LogP) is 6.60. The van der Waals surface area contributed by atoms with Gasteiger partial charge < -0.3 is 19.8 Å². The number of hydrogen-bond donors (Lipinski definition) is 2. The third-order valence-corrected chi connectivity index (χ3v) is 7.98. The highest BCUT2D eigenvalue weighted by Gasteiger charge is 2.34. The SMILES string of the molecule is CC1(C)OC[C@H](CN2CCc3c(cccc3Nc3ccc(I)c(-c4ncc(-c5ccccc5)[nH]4)c3)C2)O1. The fourth-order valence-corrected chi connectivity index (χ4v) is 5.84. The molecule has 0 amide bonds. The van der Waals surface area contributed by atoms with Crippen LogP contribution >= 0.6 is 22.6 Å². The predicted molar refractivity (Wildman–Crippen MR) is 156 cm³/mol. The largest absolute Gasteiger partial charge is 0.355 e. The van der Waals surface area contributed by atoms with E-state index in [1.54, 1.807) is 0 Å². The summed E-state index contributed by atoms with van der Waals surface area (Å²) in [7, 11) is 0. The minimum Gasteiger partial charge on any atom is -0.355 e. The number of ether oxygens (including phenoxy) is 2. The lowest BCUT2D eigenvalue weighted by Crippen LogP contribution is -2.38. The molecule has 1 atom stereocenters. The van der Waals surface area contributed by atoms with Gasteiger partial charge in [-0.05, 0) is 83.8 Å². The molecule has 0 aliphatic carbocycles. The third kappa shape index (κ3) is 5.45. The molecule has 2 aliphatic heterocycles. The Bertz CT molecular complexity index is 1400. The Balaban J connectivity index is 1.19. The first kappa shape index (κ1) is 24.6. The second-order valence-corrected chi connectivity index (χ2v) is 11.4. The number of H-pyrrole nitrogens is 1. The van der Waals surface area contributed by atoms with Gasteiger partial charge in [-0.1, -0.05) is 42.5 Å².